The number of hydrogen-bond acceptors (Lipinski definition) is 6. The molecule has 3 rings (SSSR count). The van der Waals surface area contributed by atoms with Crippen LogP contribution in [0.15, 0.2) is 0 Å². The Hall–Kier alpha value is -1.27. The Kier molecular flexibility index (Phi) is 5.52. The predicted octanol–water partition coefficient (Wildman–Crippen LogP) is 2.78. The Balaban J connectivity index is 2.06. The van der Waals surface area contributed by atoms with E-state index < -0.39 is 17.6 Å². The first-order valence-corrected chi connectivity index (χ1v) is 10.1. The van der Waals surface area contributed by atoms with Gasteiger partial charge in [0.25, 0.3) is 0 Å². The molecule has 7 atom stereocenters. The summed E-state index contributed by atoms with van der Waals surface area (Å²) in [5, 5.41) is 0. The van der Waals surface area contributed by atoms with Crippen molar-refractivity contribution in [2.75, 3.05) is 20.3 Å². The number of ketones is 2. The Labute approximate surface area is 161 Å². The van der Waals surface area contributed by atoms with Gasteiger partial charge in [-0.1, -0.05) is 6.92 Å². The van der Waals surface area contributed by atoms with Gasteiger partial charge in [0.15, 0.2) is 5.79 Å². The Bertz CT molecular complexity index is 630. The van der Waals surface area contributed by atoms with Gasteiger partial charge in [-0.05, 0) is 51.4 Å². The molecule has 0 radical (unpaired) electrons. The third-order valence-corrected chi connectivity index (χ3v) is 7.32. The summed E-state index contributed by atoms with van der Waals surface area (Å²) in [6.45, 7) is 7.84. The summed E-state index contributed by atoms with van der Waals surface area (Å²) in [6.07, 6.45) is 2.47. The van der Waals surface area contributed by atoms with Gasteiger partial charge in [0.05, 0.1) is 19.1 Å². The molecule has 0 N–H and O–H groups in total. The maximum Gasteiger partial charge on any atom is 0.310 e. The minimum absolute atomic E-state index is 0.0120. The summed E-state index contributed by atoms with van der Waals surface area (Å²) < 4.78 is 17.1. The standard InChI is InChI=1S/C21H32O6/c1-6-26-19(24)17-13(9-12(2)22)18(23)15-11-27-21(4,25-5)16-7-8-20(17,3)10-14(15)16/h13-17H,6-11H2,1-5H3/t13-,14+,15+,16+,17?,20-,21+/m0/s1. The van der Waals surface area contributed by atoms with Crippen LogP contribution in [0.2, 0.25) is 0 Å². The number of Topliss-reactive ketones (excluding diaryl/α,β-unsaturated/α-hetero) is 2. The van der Waals surface area contributed by atoms with E-state index in [1.54, 1.807) is 14.0 Å². The van der Waals surface area contributed by atoms with Crippen molar-refractivity contribution in [1.82, 2.24) is 0 Å². The van der Waals surface area contributed by atoms with Crippen LogP contribution in [-0.2, 0) is 28.6 Å². The van der Waals surface area contributed by atoms with Crippen molar-refractivity contribution >= 4 is 17.5 Å². The topological polar surface area (TPSA) is 78.9 Å². The number of rotatable bonds is 5. The van der Waals surface area contributed by atoms with E-state index in [9.17, 15) is 14.4 Å². The zero-order chi connectivity index (χ0) is 20.0. The molecule has 0 spiro atoms. The van der Waals surface area contributed by atoms with Crippen molar-refractivity contribution in [3.05, 3.63) is 0 Å². The van der Waals surface area contributed by atoms with E-state index in [1.807, 2.05) is 6.92 Å². The van der Waals surface area contributed by atoms with Gasteiger partial charge in [-0.15, -0.1) is 0 Å². The van der Waals surface area contributed by atoms with Crippen molar-refractivity contribution < 1.29 is 28.6 Å². The molecule has 3 aliphatic rings. The molecule has 1 unspecified atom stereocenters. The highest BCUT2D eigenvalue weighted by atomic mass is 16.7. The molecular formula is C21H32O6. The fourth-order valence-corrected chi connectivity index (χ4v) is 5.96. The highest BCUT2D eigenvalue weighted by Crippen LogP contribution is 2.59. The van der Waals surface area contributed by atoms with Gasteiger partial charge in [0.2, 0.25) is 0 Å². The van der Waals surface area contributed by atoms with Crippen LogP contribution in [-0.4, -0.2) is 43.6 Å². The van der Waals surface area contributed by atoms with Gasteiger partial charge >= 0.3 is 5.97 Å². The van der Waals surface area contributed by atoms with E-state index in [0.29, 0.717) is 0 Å². The average Bonchev–Trinajstić information content (AvgIpc) is 2.67. The summed E-state index contributed by atoms with van der Waals surface area (Å²) in [5.74, 6) is -2.41. The summed E-state index contributed by atoms with van der Waals surface area (Å²) in [4.78, 5) is 38.4. The number of methoxy groups -OCH3 is 1. The molecule has 0 aromatic heterocycles. The monoisotopic (exact) mass is 380 g/mol. The number of carbonyl (C=O) groups excluding carboxylic acids is 3. The highest BCUT2D eigenvalue weighted by Gasteiger charge is 2.62. The molecule has 2 bridgehead atoms. The van der Waals surface area contributed by atoms with Gasteiger partial charge in [-0.3, -0.25) is 9.59 Å². The second-order valence-electron chi connectivity index (χ2n) is 8.95. The maximum absolute atomic E-state index is 13.5. The van der Waals surface area contributed by atoms with Crippen molar-refractivity contribution in [3.63, 3.8) is 0 Å². The summed E-state index contributed by atoms with van der Waals surface area (Å²) in [6, 6.07) is 0. The van der Waals surface area contributed by atoms with Crippen LogP contribution in [0.4, 0.5) is 0 Å². The van der Waals surface area contributed by atoms with E-state index in [2.05, 4.69) is 6.92 Å². The molecule has 6 nitrogen and oxygen atoms in total. The van der Waals surface area contributed by atoms with Gasteiger partial charge in [0, 0.05) is 31.3 Å². The number of ether oxygens (including phenoxy) is 3. The van der Waals surface area contributed by atoms with Crippen molar-refractivity contribution in [2.45, 2.75) is 59.2 Å². The molecule has 152 valence electrons. The number of carbonyl (C=O) groups is 3. The van der Waals surface area contributed by atoms with Crippen LogP contribution in [0, 0.1) is 35.0 Å². The normalized spacial score (nSPS) is 43.7. The van der Waals surface area contributed by atoms with Gasteiger partial charge in [0.1, 0.15) is 11.6 Å². The Morgan fingerprint density at radius 2 is 2.00 bits per heavy atom. The molecule has 0 amide bonds. The van der Waals surface area contributed by atoms with Crippen LogP contribution in [0.1, 0.15) is 53.4 Å². The Morgan fingerprint density at radius 1 is 1.30 bits per heavy atom. The number of hydrogen-bond donors (Lipinski definition) is 0. The molecular weight excluding hydrogens is 348 g/mol. The largest absolute Gasteiger partial charge is 0.466 e. The van der Waals surface area contributed by atoms with E-state index in [0.717, 1.165) is 19.3 Å². The van der Waals surface area contributed by atoms with Gasteiger partial charge in [-0.25, -0.2) is 0 Å². The van der Waals surface area contributed by atoms with Crippen LogP contribution < -0.4 is 0 Å². The summed E-state index contributed by atoms with van der Waals surface area (Å²) in [7, 11) is 1.65. The molecule has 1 aliphatic heterocycles. The maximum atomic E-state index is 13.5. The Morgan fingerprint density at radius 3 is 2.59 bits per heavy atom. The number of esters is 1. The first-order chi connectivity index (χ1) is 12.7. The predicted molar refractivity (Wildman–Crippen MR) is 97.7 cm³/mol. The average molecular weight is 380 g/mol. The first kappa shape index (κ1) is 20.5. The summed E-state index contributed by atoms with van der Waals surface area (Å²) in [5.41, 5.74) is -0.357. The number of fused-ring (bicyclic) bond motifs is 1. The highest BCUT2D eigenvalue weighted by molar-refractivity contribution is 5.93. The minimum Gasteiger partial charge on any atom is -0.466 e. The van der Waals surface area contributed by atoms with Crippen molar-refractivity contribution in [1.29, 1.82) is 0 Å². The van der Waals surface area contributed by atoms with Crippen LogP contribution in [0.3, 0.4) is 0 Å². The first-order valence-electron chi connectivity index (χ1n) is 10.1. The second-order valence-corrected chi connectivity index (χ2v) is 8.95. The molecule has 6 heteroatoms. The van der Waals surface area contributed by atoms with Crippen LogP contribution in [0.5, 0.6) is 0 Å². The van der Waals surface area contributed by atoms with Crippen molar-refractivity contribution in [2.24, 2.45) is 35.0 Å². The van der Waals surface area contributed by atoms with E-state index in [4.69, 9.17) is 14.2 Å². The third-order valence-electron chi connectivity index (χ3n) is 7.32. The second kappa shape index (κ2) is 7.28. The van der Waals surface area contributed by atoms with E-state index >= 15 is 0 Å². The molecule has 0 aromatic rings. The van der Waals surface area contributed by atoms with E-state index in [-0.39, 0.29) is 60.3 Å². The molecule has 3 fully saturated rings. The smallest absolute Gasteiger partial charge is 0.310 e. The SMILES string of the molecule is CCOC(=O)C1[C@H](CC(C)=O)C(=O)[C@@H]2CO[C@@](C)(OC)[C@@H]3CC[C@@]1(C)C[C@@H]32. The fourth-order valence-electron chi connectivity index (χ4n) is 5.96. The van der Waals surface area contributed by atoms with Gasteiger partial charge in [-0.2, -0.15) is 0 Å². The van der Waals surface area contributed by atoms with Crippen LogP contribution in [0.25, 0.3) is 0 Å². The molecule has 2 saturated carbocycles. The molecule has 2 aliphatic carbocycles. The lowest BCUT2D eigenvalue weighted by molar-refractivity contribution is -0.294. The fraction of sp³-hybridized carbons (Fsp3) is 0.857. The van der Waals surface area contributed by atoms with E-state index in [1.165, 1.54) is 6.92 Å². The lowest BCUT2D eigenvalue weighted by atomic mass is 9.57. The zero-order valence-electron chi connectivity index (χ0n) is 17.1. The molecule has 1 heterocycles. The minimum atomic E-state index is -0.706. The lowest BCUT2D eigenvalue weighted by Gasteiger charge is -2.53. The quantitative estimate of drug-likeness (QED) is 0.683. The molecule has 0 aromatic carbocycles. The summed E-state index contributed by atoms with van der Waals surface area (Å²) >= 11 is 0. The lowest BCUT2D eigenvalue weighted by Crippen LogP contribution is -2.55. The van der Waals surface area contributed by atoms with Crippen molar-refractivity contribution in [3.8, 4) is 0 Å². The molecule has 27 heavy (non-hydrogen) atoms. The van der Waals surface area contributed by atoms with Gasteiger partial charge < -0.3 is 19.0 Å². The molecule has 1 saturated heterocycles. The zero-order valence-corrected chi connectivity index (χ0v) is 17.1. The third kappa shape index (κ3) is 3.35. The van der Waals surface area contributed by atoms with Crippen LogP contribution >= 0.6 is 0 Å².